The minimum atomic E-state index is -0.527. The Balaban J connectivity index is 2.37. The minimum Gasteiger partial charge on any atom is -0.320 e. The van der Waals surface area contributed by atoms with Crippen molar-refractivity contribution in [2.75, 3.05) is 5.32 Å². The molecule has 0 aliphatic heterocycles. The van der Waals surface area contributed by atoms with Gasteiger partial charge >= 0.3 is 0 Å². The summed E-state index contributed by atoms with van der Waals surface area (Å²) in [5.41, 5.74) is 4.39. The van der Waals surface area contributed by atoms with Gasteiger partial charge in [-0.3, -0.25) is 4.79 Å². The van der Waals surface area contributed by atoms with Gasteiger partial charge in [0.2, 0.25) is 0 Å². The number of carbonyl (C=O) groups is 1. The molecule has 0 radical (unpaired) electrons. The van der Waals surface area contributed by atoms with Crippen LogP contribution in [0.1, 0.15) is 22.3 Å². The Kier molecular flexibility index (Phi) is 5.66. The van der Waals surface area contributed by atoms with Crippen LogP contribution in [0, 0.1) is 32.1 Å². The lowest BCUT2D eigenvalue weighted by molar-refractivity contribution is -0.112. The number of amides is 1. The number of rotatable bonds is 3. The van der Waals surface area contributed by atoms with E-state index in [0.717, 1.165) is 22.3 Å². The van der Waals surface area contributed by atoms with Crippen LogP contribution in [0.4, 0.5) is 5.69 Å². The summed E-state index contributed by atoms with van der Waals surface area (Å²) in [6.07, 6.45) is 1.60. The molecule has 0 aliphatic carbocycles. The molecule has 122 valence electrons. The van der Waals surface area contributed by atoms with Crippen LogP contribution in [-0.2, 0) is 4.79 Å². The lowest BCUT2D eigenvalue weighted by atomic mass is 9.98. The zero-order chi connectivity index (χ0) is 17.9. The monoisotopic (exact) mass is 358 g/mol. The molecule has 2 rings (SSSR count). The van der Waals surface area contributed by atoms with Gasteiger partial charge in [0.25, 0.3) is 5.91 Å². The van der Waals surface area contributed by atoms with E-state index in [9.17, 15) is 10.1 Å². The number of carbonyl (C=O) groups excluding carboxylic acids is 1. The first kappa shape index (κ1) is 18.1. The third kappa shape index (κ3) is 3.97. The van der Waals surface area contributed by atoms with E-state index >= 15 is 0 Å². The van der Waals surface area contributed by atoms with Gasteiger partial charge in [-0.2, -0.15) is 5.26 Å². The van der Waals surface area contributed by atoms with Crippen LogP contribution in [0.25, 0.3) is 6.08 Å². The molecule has 0 bridgehead atoms. The first-order chi connectivity index (χ1) is 11.3. The molecular formula is C19H16Cl2N2O. The van der Waals surface area contributed by atoms with Crippen molar-refractivity contribution in [1.82, 2.24) is 0 Å². The maximum atomic E-state index is 12.4. The SMILES string of the molecule is Cc1cc(C)c(/C=C(/C#N)C(=O)Nc2cccc(Cl)c2Cl)c(C)c1. The highest BCUT2D eigenvalue weighted by atomic mass is 35.5. The van der Waals surface area contributed by atoms with Gasteiger partial charge in [0, 0.05) is 0 Å². The summed E-state index contributed by atoms with van der Waals surface area (Å²) in [5.74, 6) is -0.527. The lowest BCUT2D eigenvalue weighted by Gasteiger charge is -2.10. The van der Waals surface area contributed by atoms with E-state index in [1.165, 1.54) is 0 Å². The molecule has 1 N–H and O–H groups in total. The van der Waals surface area contributed by atoms with Crippen LogP contribution in [0.5, 0.6) is 0 Å². The van der Waals surface area contributed by atoms with E-state index in [2.05, 4.69) is 5.32 Å². The molecule has 3 nitrogen and oxygen atoms in total. The second kappa shape index (κ2) is 7.53. The second-order valence-corrected chi connectivity index (χ2v) is 6.32. The Hall–Kier alpha value is -2.28. The summed E-state index contributed by atoms with van der Waals surface area (Å²) >= 11 is 12.0. The Morgan fingerprint density at radius 3 is 2.38 bits per heavy atom. The predicted molar refractivity (Wildman–Crippen MR) is 99.3 cm³/mol. The highest BCUT2D eigenvalue weighted by Crippen LogP contribution is 2.30. The summed E-state index contributed by atoms with van der Waals surface area (Å²) < 4.78 is 0. The summed E-state index contributed by atoms with van der Waals surface area (Å²) in [4.78, 5) is 12.4. The van der Waals surface area contributed by atoms with Gasteiger partial charge in [0.15, 0.2) is 0 Å². The summed E-state index contributed by atoms with van der Waals surface area (Å²) in [7, 11) is 0. The van der Waals surface area contributed by atoms with Crippen LogP contribution in [0.3, 0.4) is 0 Å². The molecule has 24 heavy (non-hydrogen) atoms. The van der Waals surface area contributed by atoms with Crippen molar-refractivity contribution in [3.63, 3.8) is 0 Å². The number of nitrogens with one attached hydrogen (secondary N) is 1. The Morgan fingerprint density at radius 1 is 1.17 bits per heavy atom. The third-order valence-corrected chi connectivity index (χ3v) is 4.41. The van der Waals surface area contributed by atoms with Crippen molar-refractivity contribution in [3.8, 4) is 6.07 Å². The van der Waals surface area contributed by atoms with Gasteiger partial charge in [0.05, 0.1) is 15.7 Å². The number of hydrogen-bond donors (Lipinski definition) is 1. The van der Waals surface area contributed by atoms with Crippen LogP contribution in [0.2, 0.25) is 10.0 Å². The largest absolute Gasteiger partial charge is 0.320 e. The summed E-state index contributed by atoms with van der Waals surface area (Å²) in [6.45, 7) is 5.91. The molecule has 0 spiro atoms. The van der Waals surface area contributed by atoms with Crippen molar-refractivity contribution in [2.24, 2.45) is 0 Å². The Morgan fingerprint density at radius 2 is 1.79 bits per heavy atom. The average molecular weight is 359 g/mol. The number of aryl methyl sites for hydroxylation is 3. The van der Waals surface area contributed by atoms with Crippen molar-refractivity contribution in [2.45, 2.75) is 20.8 Å². The maximum absolute atomic E-state index is 12.4. The van der Waals surface area contributed by atoms with Crippen LogP contribution < -0.4 is 5.32 Å². The molecule has 0 saturated carbocycles. The van der Waals surface area contributed by atoms with Crippen LogP contribution in [0.15, 0.2) is 35.9 Å². The molecule has 0 aromatic heterocycles. The number of nitriles is 1. The van der Waals surface area contributed by atoms with Gasteiger partial charge in [-0.1, -0.05) is 47.0 Å². The fourth-order valence-corrected chi connectivity index (χ4v) is 2.85. The average Bonchev–Trinajstić information content (AvgIpc) is 2.51. The number of anilines is 1. The van der Waals surface area contributed by atoms with Gasteiger partial charge in [-0.25, -0.2) is 0 Å². The third-order valence-electron chi connectivity index (χ3n) is 3.59. The lowest BCUT2D eigenvalue weighted by Crippen LogP contribution is -2.14. The molecular weight excluding hydrogens is 343 g/mol. The summed E-state index contributed by atoms with van der Waals surface area (Å²) in [5, 5.41) is 12.6. The van der Waals surface area contributed by atoms with Crippen molar-refractivity contribution < 1.29 is 4.79 Å². The molecule has 0 fully saturated rings. The second-order valence-electron chi connectivity index (χ2n) is 5.54. The molecule has 0 heterocycles. The molecule has 0 aliphatic rings. The van der Waals surface area contributed by atoms with Crippen LogP contribution >= 0.6 is 23.2 Å². The molecule has 5 heteroatoms. The molecule has 2 aromatic rings. The standard InChI is InChI=1S/C19H16Cl2N2O/c1-11-7-12(2)15(13(3)8-11)9-14(10-22)19(24)23-17-6-4-5-16(20)18(17)21/h4-9H,1-3H3,(H,23,24)/b14-9-. The van der Waals surface area contributed by atoms with Gasteiger partial charge in [-0.15, -0.1) is 0 Å². The van der Waals surface area contributed by atoms with Gasteiger partial charge in [0.1, 0.15) is 11.6 Å². The number of nitrogens with zero attached hydrogens (tertiary/aromatic N) is 1. The van der Waals surface area contributed by atoms with Gasteiger partial charge < -0.3 is 5.32 Å². The maximum Gasteiger partial charge on any atom is 0.266 e. The quantitative estimate of drug-likeness (QED) is 0.584. The number of halogens is 2. The fourth-order valence-electron chi connectivity index (χ4n) is 2.50. The molecule has 0 unspecified atom stereocenters. The van der Waals surface area contributed by atoms with E-state index in [1.807, 2.05) is 39.0 Å². The fraction of sp³-hybridized carbons (Fsp3) is 0.158. The Bertz CT molecular complexity index is 856. The minimum absolute atomic E-state index is 0.00101. The molecule has 0 saturated heterocycles. The molecule has 0 atom stereocenters. The van der Waals surface area contributed by atoms with Crippen molar-refractivity contribution in [3.05, 3.63) is 68.2 Å². The number of hydrogen-bond acceptors (Lipinski definition) is 2. The molecule has 2 aromatic carbocycles. The molecule has 1 amide bonds. The van der Waals surface area contributed by atoms with E-state index in [-0.39, 0.29) is 10.6 Å². The topological polar surface area (TPSA) is 52.9 Å². The first-order valence-corrected chi connectivity index (χ1v) is 8.04. The van der Waals surface area contributed by atoms with E-state index < -0.39 is 5.91 Å². The smallest absolute Gasteiger partial charge is 0.266 e. The summed E-state index contributed by atoms with van der Waals surface area (Å²) in [6, 6.07) is 10.9. The van der Waals surface area contributed by atoms with Crippen molar-refractivity contribution >= 4 is 40.9 Å². The normalized spacial score (nSPS) is 11.1. The number of benzene rings is 2. The highest BCUT2D eigenvalue weighted by Gasteiger charge is 2.14. The first-order valence-electron chi connectivity index (χ1n) is 7.28. The zero-order valence-electron chi connectivity index (χ0n) is 13.6. The Labute approximate surface area is 151 Å². The van der Waals surface area contributed by atoms with E-state index in [4.69, 9.17) is 23.2 Å². The zero-order valence-corrected chi connectivity index (χ0v) is 15.1. The van der Waals surface area contributed by atoms with E-state index in [0.29, 0.717) is 10.7 Å². The van der Waals surface area contributed by atoms with E-state index in [1.54, 1.807) is 24.3 Å². The van der Waals surface area contributed by atoms with Crippen LogP contribution in [-0.4, -0.2) is 5.91 Å². The van der Waals surface area contributed by atoms with Gasteiger partial charge in [-0.05, 0) is 55.7 Å². The van der Waals surface area contributed by atoms with Crippen molar-refractivity contribution in [1.29, 1.82) is 5.26 Å². The predicted octanol–water partition coefficient (Wildman–Crippen LogP) is 5.46. The highest BCUT2D eigenvalue weighted by molar-refractivity contribution is 6.44.